The number of ether oxygens (including phenoxy) is 1. The number of aromatic nitrogens is 2. The summed E-state index contributed by atoms with van der Waals surface area (Å²) in [6, 6.07) is 3.58. The van der Waals surface area contributed by atoms with Crippen molar-refractivity contribution in [2.75, 3.05) is 5.73 Å². The number of nitrogen functional groups attached to an aromatic ring is 1. The Morgan fingerprint density at radius 3 is 2.58 bits per heavy atom. The van der Waals surface area contributed by atoms with E-state index < -0.39 is 0 Å². The Bertz CT molecular complexity index is 576. The van der Waals surface area contributed by atoms with Crippen LogP contribution in [0, 0.1) is 6.92 Å². The third-order valence-corrected chi connectivity index (χ3v) is 2.86. The fraction of sp³-hybridized carbons (Fsp3) is 0.385. The highest BCUT2D eigenvalue weighted by Crippen LogP contribution is 2.30. The standard InChI is InChI=1S/C13H17N3O2S/c1-8-7-17-12(15-8)19-10-6-5-9(14)11(16-10)18-13(2,3)4/h5-7H,14H2,1-4H3. The van der Waals surface area contributed by atoms with E-state index in [1.807, 2.05) is 33.8 Å². The van der Waals surface area contributed by atoms with Gasteiger partial charge in [0.15, 0.2) is 0 Å². The number of rotatable bonds is 3. The second kappa shape index (κ2) is 5.13. The summed E-state index contributed by atoms with van der Waals surface area (Å²) in [6.07, 6.45) is 1.60. The van der Waals surface area contributed by atoms with Gasteiger partial charge in [-0.15, -0.1) is 0 Å². The van der Waals surface area contributed by atoms with E-state index in [1.54, 1.807) is 12.3 Å². The van der Waals surface area contributed by atoms with Gasteiger partial charge in [0.05, 0.1) is 11.4 Å². The molecular formula is C13H17N3O2S. The van der Waals surface area contributed by atoms with E-state index >= 15 is 0 Å². The van der Waals surface area contributed by atoms with Gasteiger partial charge in [0.25, 0.3) is 5.22 Å². The first-order valence-electron chi connectivity index (χ1n) is 5.89. The Balaban J connectivity index is 2.21. The fourth-order valence-electron chi connectivity index (χ4n) is 1.33. The molecule has 0 fully saturated rings. The third kappa shape index (κ3) is 3.89. The van der Waals surface area contributed by atoms with E-state index in [2.05, 4.69) is 9.97 Å². The molecule has 5 nitrogen and oxygen atoms in total. The Morgan fingerprint density at radius 2 is 2.00 bits per heavy atom. The molecule has 19 heavy (non-hydrogen) atoms. The molecule has 0 spiro atoms. The Morgan fingerprint density at radius 1 is 1.26 bits per heavy atom. The number of oxazole rings is 1. The van der Waals surface area contributed by atoms with Crippen LogP contribution in [-0.4, -0.2) is 15.6 Å². The molecule has 2 N–H and O–H groups in total. The summed E-state index contributed by atoms with van der Waals surface area (Å²) in [5.41, 5.74) is 6.87. The van der Waals surface area contributed by atoms with Crippen LogP contribution in [0.3, 0.4) is 0 Å². The summed E-state index contributed by atoms with van der Waals surface area (Å²) in [4.78, 5) is 8.59. The van der Waals surface area contributed by atoms with Crippen molar-refractivity contribution in [1.82, 2.24) is 9.97 Å². The van der Waals surface area contributed by atoms with Crippen LogP contribution < -0.4 is 10.5 Å². The highest BCUT2D eigenvalue weighted by Gasteiger charge is 2.16. The molecule has 0 unspecified atom stereocenters. The zero-order valence-corrected chi connectivity index (χ0v) is 12.2. The first-order valence-corrected chi connectivity index (χ1v) is 6.71. The van der Waals surface area contributed by atoms with E-state index in [9.17, 15) is 0 Å². The molecule has 2 aromatic heterocycles. The van der Waals surface area contributed by atoms with Crippen molar-refractivity contribution in [2.24, 2.45) is 0 Å². The summed E-state index contributed by atoms with van der Waals surface area (Å²) in [5.74, 6) is 0.431. The number of pyridine rings is 1. The fourth-order valence-corrected chi connectivity index (χ4v) is 2.06. The zero-order chi connectivity index (χ0) is 14.0. The predicted molar refractivity (Wildman–Crippen MR) is 74.4 cm³/mol. The van der Waals surface area contributed by atoms with Crippen molar-refractivity contribution >= 4 is 17.4 Å². The normalized spacial score (nSPS) is 11.6. The summed E-state index contributed by atoms with van der Waals surface area (Å²) >= 11 is 1.33. The summed E-state index contributed by atoms with van der Waals surface area (Å²) in [7, 11) is 0. The largest absolute Gasteiger partial charge is 0.470 e. The predicted octanol–water partition coefficient (Wildman–Crippen LogP) is 3.29. The molecule has 0 aromatic carbocycles. The Kier molecular flexibility index (Phi) is 3.71. The van der Waals surface area contributed by atoms with E-state index in [0.717, 1.165) is 10.7 Å². The molecule has 0 amide bonds. The number of nitrogens with zero attached hydrogens (tertiary/aromatic N) is 2. The lowest BCUT2D eigenvalue weighted by Crippen LogP contribution is -2.24. The van der Waals surface area contributed by atoms with Crippen LogP contribution in [0.15, 0.2) is 33.1 Å². The lowest BCUT2D eigenvalue weighted by Gasteiger charge is -2.21. The number of hydrogen-bond acceptors (Lipinski definition) is 6. The molecule has 0 aliphatic heterocycles. The molecule has 2 aromatic rings. The molecule has 0 radical (unpaired) electrons. The molecule has 2 heterocycles. The summed E-state index contributed by atoms with van der Waals surface area (Å²) < 4.78 is 11.0. The number of hydrogen-bond donors (Lipinski definition) is 1. The third-order valence-electron chi connectivity index (χ3n) is 2.06. The van der Waals surface area contributed by atoms with Crippen LogP contribution in [0.4, 0.5) is 5.69 Å². The molecule has 0 aliphatic carbocycles. The van der Waals surface area contributed by atoms with Crippen molar-refractivity contribution in [3.63, 3.8) is 0 Å². The van der Waals surface area contributed by atoms with Gasteiger partial charge in [-0.2, -0.15) is 0 Å². The highest BCUT2D eigenvalue weighted by molar-refractivity contribution is 7.99. The van der Waals surface area contributed by atoms with E-state index in [0.29, 0.717) is 16.8 Å². The average Bonchev–Trinajstić information content (AvgIpc) is 2.67. The van der Waals surface area contributed by atoms with Gasteiger partial charge < -0.3 is 14.9 Å². The van der Waals surface area contributed by atoms with Crippen LogP contribution in [0.5, 0.6) is 5.88 Å². The second-order valence-electron chi connectivity index (χ2n) is 5.12. The van der Waals surface area contributed by atoms with Gasteiger partial charge in [-0.1, -0.05) is 0 Å². The second-order valence-corrected chi connectivity index (χ2v) is 6.09. The maximum absolute atomic E-state index is 5.86. The number of aryl methyl sites for hydroxylation is 1. The molecule has 2 rings (SSSR count). The first kappa shape index (κ1) is 13.7. The van der Waals surface area contributed by atoms with Crippen molar-refractivity contribution in [3.05, 3.63) is 24.1 Å². The lowest BCUT2D eigenvalue weighted by atomic mass is 10.2. The van der Waals surface area contributed by atoms with Gasteiger partial charge in [0.1, 0.15) is 16.9 Å². The smallest absolute Gasteiger partial charge is 0.262 e. The van der Waals surface area contributed by atoms with Gasteiger partial charge in [-0.25, -0.2) is 9.97 Å². The SMILES string of the molecule is Cc1coc(Sc2ccc(N)c(OC(C)(C)C)n2)n1. The van der Waals surface area contributed by atoms with Crippen LogP contribution in [0.2, 0.25) is 0 Å². The van der Waals surface area contributed by atoms with Crippen LogP contribution >= 0.6 is 11.8 Å². The maximum Gasteiger partial charge on any atom is 0.262 e. The van der Waals surface area contributed by atoms with Crippen LogP contribution in [-0.2, 0) is 0 Å². The van der Waals surface area contributed by atoms with Crippen molar-refractivity contribution in [2.45, 2.75) is 43.5 Å². The molecule has 0 saturated heterocycles. The lowest BCUT2D eigenvalue weighted by molar-refractivity contribution is 0.124. The summed E-state index contributed by atoms with van der Waals surface area (Å²) in [5, 5.41) is 1.28. The summed E-state index contributed by atoms with van der Waals surface area (Å²) in [6.45, 7) is 7.72. The molecule has 102 valence electrons. The molecular weight excluding hydrogens is 262 g/mol. The molecule has 6 heteroatoms. The van der Waals surface area contributed by atoms with Gasteiger partial charge in [0.2, 0.25) is 5.88 Å². The number of nitrogens with two attached hydrogens (primary N) is 1. The van der Waals surface area contributed by atoms with E-state index in [1.165, 1.54) is 11.8 Å². The molecule has 0 atom stereocenters. The van der Waals surface area contributed by atoms with Crippen molar-refractivity contribution in [3.8, 4) is 5.88 Å². The minimum absolute atomic E-state index is 0.343. The van der Waals surface area contributed by atoms with Gasteiger partial charge in [0, 0.05) is 0 Å². The monoisotopic (exact) mass is 279 g/mol. The van der Waals surface area contributed by atoms with Crippen LogP contribution in [0.1, 0.15) is 26.5 Å². The Labute approximate surface area is 116 Å². The zero-order valence-electron chi connectivity index (χ0n) is 11.4. The molecule has 0 bridgehead atoms. The van der Waals surface area contributed by atoms with Crippen molar-refractivity contribution < 1.29 is 9.15 Å². The highest BCUT2D eigenvalue weighted by atomic mass is 32.2. The first-order chi connectivity index (χ1) is 8.83. The van der Waals surface area contributed by atoms with E-state index in [4.69, 9.17) is 14.9 Å². The number of anilines is 1. The van der Waals surface area contributed by atoms with Crippen LogP contribution in [0.25, 0.3) is 0 Å². The van der Waals surface area contributed by atoms with Gasteiger partial charge in [-0.05, 0) is 51.6 Å². The molecule has 0 saturated carbocycles. The van der Waals surface area contributed by atoms with E-state index in [-0.39, 0.29) is 5.60 Å². The van der Waals surface area contributed by atoms with Gasteiger partial charge in [-0.3, -0.25) is 0 Å². The van der Waals surface area contributed by atoms with Crippen molar-refractivity contribution in [1.29, 1.82) is 0 Å². The quantitative estimate of drug-likeness (QED) is 0.929. The Hall–Kier alpha value is -1.69. The maximum atomic E-state index is 5.86. The average molecular weight is 279 g/mol. The topological polar surface area (TPSA) is 74.2 Å². The minimum atomic E-state index is -0.343. The minimum Gasteiger partial charge on any atom is -0.470 e. The van der Waals surface area contributed by atoms with Gasteiger partial charge >= 0.3 is 0 Å². The molecule has 0 aliphatic rings.